The largest absolute Gasteiger partial charge is 0.389 e. The fourth-order valence-electron chi connectivity index (χ4n) is 0.826. The molecule has 4 heteroatoms. The van der Waals surface area contributed by atoms with Gasteiger partial charge in [-0.1, -0.05) is 6.08 Å². The van der Waals surface area contributed by atoms with Gasteiger partial charge in [-0.2, -0.15) is 0 Å². The molecule has 0 heterocycles. The SMILES string of the molecule is C=CC(C)NCC(O)COCCOC. The molecule has 0 saturated heterocycles. The number of hydrogen-bond donors (Lipinski definition) is 2. The second-order valence-corrected chi connectivity index (χ2v) is 3.15. The Hall–Kier alpha value is -0.420. The molecule has 0 aromatic carbocycles. The number of nitrogens with one attached hydrogen (secondary N) is 1. The Labute approximate surface area is 85.9 Å². The van der Waals surface area contributed by atoms with Gasteiger partial charge >= 0.3 is 0 Å². The van der Waals surface area contributed by atoms with Gasteiger partial charge in [-0.15, -0.1) is 6.58 Å². The Bertz CT molecular complexity index is 141. The van der Waals surface area contributed by atoms with E-state index in [1.807, 2.05) is 6.92 Å². The zero-order valence-electron chi connectivity index (χ0n) is 9.03. The maximum Gasteiger partial charge on any atom is 0.0897 e. The molecule has 0 aromatic rings. The number of aliphatic hydroxyl groups excluding tert-OH is 1. The van der Waals surface area contributed by atoms with Gasteiger partial charge in [-0.25, -0.2) is 0 Å². The van der Waals surface area contributed by atoms with E-state index in [1.54, 1.807) is 13.2 Å². The van der Waals surface area contributed by atoms with Gasteiger partial charge in [0, 0.05) is 19.7 Å². The van der Waals surface area contributed by atoms with Gasteiger partial charge in [0.1, 0.15) is 0 Å². The van der Waals surface area contributed by atoms with E-state index in [0.717, 1.165) is 0 Å². The van der Waals surface area contributed by atoms with Gasteiger partial charge in [-0.3, -0.25) is 0 Å². The van der Waals surface area contributed by atoms with Crippen molar-refractivity contribution in [3.8, 4) is 0 Å². The van der Waals surface area contributed by atoms with Crippen molar-refractivity contribution in [2.75, 3.05) is 33.5 Å². The maximum atomic E-state index is 9.43. The van der Waals surface area contributed by atoms with Crippen LogP contribution in [0.3, 0.4) is 0 Å². The predicted molar refractivity (Wildman–Crippen MR) is 56.4 cm³/mol. The summed E-state index contributed by atoms with van der Waals surface area (Å²) in [6, 6.07) is 0.212. The average Bonchev–Trinajstić information content (AvgIpc) is 2.21. The molecule has 0 fully saturated rings. The minimum absolute atomic E-state index is 0.212. The third-order valence-corrected chi connectivity index (χ3v) is 1.77. The second-order valence-electron chi connectivity index (χ2n) is 3.15. The molecule has 4 nitrogen and oxygen atoms in total. The second kappa shape index (κ2) is 9.15. The first-order valence-corrected chi connectivity index (χ1v) is 4.81. The number of hydrogen-bond acceptors (Lipinski definition) is 4. The summed E-state index contributed by atoms with van der Waals surface area (Å²) >= 11 is 0. The molecule has 0 bridgehead atoms. The van der Waals surface area contributed by atoms with E-state index in [0.29, 0.717) is 26.4 Å². The Kier molecular flexibility index (Phi) is 8.87. The van der Waals surface area contributed by atoms with Crippen LogP contribution < -0.4 is 5.32 Å². The first kappa shape index (κ1) is 13.6. The van der Waals surface area contributed by atoms with Gasteiger partial charge in [0.25, 0.3) is 0 Å². The molecule has 2 unspecified atom stereocenters. The van der Waals surface area contributed by atoms with Gasteiger partial charge in [-0.05, 0) is 6.92 Å². The van der Waals surface area contributed by atoms with Crippen molar-refractivity contribution in [2.24, 2.45) is 0 Å². The van der Waals surface area contributed by atoms with Crippen molar-refractivity contribution in [1.82, 2.24) is 5.32 Å². The molecule has 14 heavy (non-hydrogen) atoms. The number of aliphatic hydroxyl groups is 1. The van der Waals surface area contributed by atoms with E-state index < -0.39 is 6.10 Å². The molecule has 0 aliphatic rings. The minimum Gasteiger partial charge on any atom is -0.389 e. The standard InChI is InChI=1S/C10H21NO3/c1-4-9(2)11-7-10(12)8-14-6-5-13-3/h4,9-12H,1,5-8H2,2-3H3. The average molecular weight is 203 g/mol. The van der Waals surface area contributed by atoms with E-state index in [-0.39, 0.29) is 6.04 Å². The molecule has 0 aliphatic heterocycles. The monoisotopic (exact) mass is 203 g/mol. The molecular weight excluding hydrogens is 182 g/mol. The predicted octanol–water partition coefficient (Wildman–Crippen LogP) is 0.174. The van der Waals surface area contributed by atoms with Crippen molar-refractivity contribution in [1.29, 1.82) is 0 Å². The minimum atomic E-state index is -0.478. The summed E-state index contributed by atoms with van der Waals surface area (Å²) in [7, 11) is 1.62. The van der Waals surface area contributed by atoms with Crippen molar-refractivity contribution in [3.63, 3.8) is 0 Å². The van der Waals surface area contributed by atoms with E-state index >= 15 is 0 Å². The van der Waals surface area contributed by atoms with Crippen LogP contribution in [-0.2, 0) is 9.47 Å². The molecule has 0 aliphatic carbocycles. The highest BCUT2D eigenvalue weighted by molar-refractivity contribution is 4.81. The van der Waals surface area contributed by atoms with Crippen LogP contribution in [-0.4, -0.2) is 50.7 Å². The number of methoxy groups -OCH3 is 1. The molecule has 2 N–H and O–H groups in total. The van der Waals surface area contributed by atoms with Crippen molar-refractivity contribution < 1.29 is 14.6 Å². The molecule has 2 atom stereocenters. The summed E-state index contributed by atoms with van der Waals surface area (Å²) in [5.41, 5.74) is 0. The van der Waals surface area contributed by atoms with Crippen LogP contribution in [0.2, 0.25) is 0 Å². The Morgan fingerprint density at radius 2 is 2.21 bits per heavy atom. The first-order chi connectivity index (χ1) is 6.70. The maximum absolute atomic E-state index is 9.43. The summed E-state index contributed by atoms with van der Waals surface area (Å²) in [5.74, 6) is 0. The molecule has 0 rings (SSSR count). The van der Waals surface area contributed by atoms with E-state index in [1.165, 1.54) is 0 Å². The fourth-order valence-corrected chi connectivity index (χ4v) is 0.826. The molecule has 0 spiro atoms. The third-order valence-electron chi connectivity index (χ3n) is 1.77. The van der Waals surface area contributed by atoms with Crippen LogP contribution >= 0.6 is 0 Å². The van der Waals surface area contributed by atoms with Crippen molar-refractivity contribution in [3.05, 3.63) is 12.7 Å². The van der Waals surface area contributed by atoms with E-state index in [2.05, 4.69) is 11.9 Å². The van der Waals surface area contributed by atoms with Gasteiger partial charge in [0.2, 0.25) is 0 Å². The van der Waals surface area contributed by atoms with Crippen LogP contribution in [0, 0.1) is 0 Å². The molecule has 0 amide bonds. The Balaban J connectivity index is 3.27. The normalized spacial score (nSPS) is 15.1. The highest BCUT2D eigenvalue weighted by atomic mass is 16.5. The zero-order valence-corrected chi connectivity index (χ0v) is 9.03. The summed E-state index contributed by atoms with van der Waals surface area (Å²) < 4.78 is 9.96. The first-order valence-electron chi connectivity index (χ1n) is 4.81. The van der Waals surface area contributed by atoms with E-state index in [4.69, 9.17) is 9.47 Å². The Morgan fingerprint density at radius 1 is 1.50 bits per heavy atom. The van der Waals surface area contributed by atoms with Gasteiger partial charge in [0.05, 0.1) is 25.9 Å². The van der Waals surface area contributed by atoms with Crippen molar-refractivity contribution >= 4 is 0 Å². The summed E-state index contributed by atoms with van der Waals surface area (Å²) in [4.78, 5) is 0. The molecule has 84 valence electrons. The smallest absolute Gasteiger partial charge is 0.0897 e. The van der Waals surface area contributed by atoms with Gasteiger partial charge < -0.3 is 19.9 Å². The molecule has 0 aromatic heterocycles. The highest BCUT2D eigenvalue weighted by Crippen LogP contribution is 1.87. The lowest BCUT2D eigenvalue weighted by atomic mass is 10.3. The van der Waals surface area contributed by atoms with Crippen LogP contribution in [0.1, 0.15) is 6.92 Å². The summed E-state index contributed by atoms with van der Waals surface area (Å²) in [5, 5.41) is 12.5. The Morgan fingerprint density at radius 3 is 2.79 bits per heavy atom. The van der Waals surface area contributed by atoms with Crippen LogP contribution in [0.25, 0.3) is 0 Å². The third kappa shape index (κ3) is 8.19. The van der Waals surface area contributed by atoms with Crippen LogP contribution in [0.15, 0.2) is 12.7 Å². The van der Waals surface area contributed by atoms with Crippen molar-refractivity contribution in [2.45, 2.75) is 19.1 Å². The zero-order chi connectivity index (χ0) is 10.8. The number of rotatable bonds is 9. The highest BCUT2D eigenvalue weighted by Gasteiger charge is 2.04. The topological polar surface area (TPSA) is 50.7 Å². The quantitative estimate of drug-likeness (QED) is 0.414. The molecule has 0 radical (unpaired) electrons. The number of ether oxygens (including phenoxy) is 2. The lowest BCUT2D eigenvalue weighted by Crippen LogP contribution is -2.35. The fraction of sp³-hybridized carbons (Fsp3) is 0.800. The lowest BCUT2D eigenvalue weighted by molar-refractivity contribution is 0.0134. The molecular formula is C10H21NO3. The van der Waals surface area contributed by atoms with Crippen LogP contribution in [0.5, 0.6) is 0 Å². The summed E-state index contributed by atoms with van der Waals surface area (Å²) in [6.45, 7) is 7.54. The lowest BCUT2D eigenvalue weighted by Gasteiger charge is -2.14. The van der Waals surface area contributed by atoms with Crippen LogP contribution in [0.4, 0.5) is 0 Å². The van der Waals surface area contributed by atoms with E-state index in [9.17, 15) is 5.11 Å². The van der Waals surface area contributed by atoms with Gasteiger partial charge in [0.15, 0.2) is 0 Å². The molecule has 0 saturated carbocycles. The summed E-state index contributed by atoms with van der Waals surface area (Å²) in [6.07, 6.45) is 1.31.